The van der Waals surface area contributed by atoms with E-state index in [2.05, 4.69) is 25.3 Å². The maximum Gasteiger partial charge on any atom is 0.433 e. The van der Waals surface area contributed by atoms with E-state index in [4.69, 9.17) is 0 Å². The molecule has 2 aromatic heterocycles. The molecule has 0 unspecified atom stereocenters. The lowest BCUT2D eigenvalue weighted by atomic mass is 10.2. The molecule has 2 aromatic rings. The van der Waals surface area contributed by atoms with Crippen LogP contribution >= 0.6 is 0 Å². The molecule has 0 atom stereocenters. The van der Waals surface area contributed by atoms with Gasteiger partial charge in [0, 0.05) is 24.5 Å². The second kappa shape index (κ2) is 5.17. The molecule has 0 fully saturated rings. The molecule has 19 heavy (non-hydrogen) atoms. The first-order chi connectivity index (χ1) is 9.00. The van der Waals surface area contributed by atoms with Crippen LogP contribution in [0.25, 0.3) is 11.3 Å². The summed E-state index contributed by atoms with van der Waals surface area (Å²) in [5, 5.41) is 2.67. The van der Waals surface area contributed by atoms with Gasteiger partial charge in [-0.1, -0.05) is 0 Å². The summed E-state index contributed by atoms with van der Waals surface area (Å²) in [6.07, 6.45) is -0.450. The molecule has 5 nitrogen and oxygen atoms in total. The van der Waals surface area contributed by atoms with Crippen LogP contribution in [0.15, 0.2) is 24.8 Å². The van der Waals surface area contributed by atoms with Gasteiger partial charge in [-0.25, -0.2) is 19.9 Å². The van der Waals surface area contributed by atoms with Crippen molar-refractivity contribution in [3.05, 3.63) is 30.5 Å². The third-order valence-corrected chi connectivity index (χ3v) is 2.21. The quantitative estimate of drug-likeness (QED) is 0.926. The molecule has 0 bridgehead atoms. The first-order valence-electron chi connectivity index (χ1n) is 5.46. The van der Waals surface area contributed by atoms with Crippen molar-refractivity contribution in [3.8, 4) is 11.3 Å². The summed E-state index contributed by atoms with van der Waals surface area (Å²) in [6, 6.07) is 0.875. The van der Waals surface area contributed by atoms with Crippen LogP contribution in [-0.2, 0) is 6.18 Å². The van der Waals surface area contributed by atoms with Gasteiger partial charge in [0.2, 0.25) is 5.95 Å². The predicted octanol–water partition coefficient (Wildman–Crippen LogP) is 2.38. The van der Waals surface area contributed by atoms with Crippen molar-refractivity contribution < 1.29 is 13.2 Å². The average molecular weight is 269 g/mol. The van der Waals surface area contributed by atoms with Crippen LogP contribution in [0.5, 0.6) is 0 Å². The zero-order valence-electron chi connectivity index (χ0n) is 9.94. The highest BCUT2D eigenvalue weighted by Gasteiger charge is 2.33. The monoisotopic (exact) mass is 269 g/mol. The van der Waals surface area contributed by atoms with Crippen LogP contribution in [0.4, 0.5) is 19.1 Å². The number of nitrogens with one attached hydrogen (secondary N) is 1. The number of halogens is 3. The van der Waals surface area contributed by atoms with Gasteiger partial charge in [-0.05, 0) is 13.0 Å². The SMILES string of the molecule is CCNc1nc(-c2cncnc2)cc(C(F)(F)F)n1. The van der Waals surface area contributed by atoms with Crippen molar-refractivity contribution in [2.24, 2.45) is 0 Å². The summed E-state index contributed by atoms with van der Waals surface area (Å²) < 4.78 is 38.3. The maximum absolute atomic E-state index is 12.8. The fraction of sp³-hybridized carbons (Fsp3) is 0.273. The van der Waals surface area contributed by atoms with Gasteiger partial charge >= 0.3 is 6.18 Å². The first kappa shape index (κ1) is 13.2. The summed E-state index contributed by atoms with van der Waals surface area (Å²) in [4.78, 5) is 14.9. The van der Waals surface area contributed by atoms with Gasteiger partial charge in [0.05, 0.1) is 5.69 Å². The highest BCUT2D eigenvalue weighted by molar-refractivity contribution is 5.58. The van der Waals surface area contributed by atoms with Crippen molar-refractivity contribution in [1.82, 2.24) is 19.9 Å². The number of hydrogen-bond donors (Lipinski definition) is 1. The van der Waals surface area contributed by atoms with E-state index >= 15 is 0 Å². The molecule has 100 valence electrons. The molecule has 0 saturated carbocycles. The predicted molar refractivity (Wildman–Crippen MR) is 62.2 cm³/mol. The second-order valence-corrected chi connectivity index (χ2v) is 3.62. The standard InChI is InChI=1S/C11H10F3N5/c1-2-17-10-18-8(7-4-15-6-16-5-7)3-9(19-10)11(12,13)14/h3-6H,2H2,1H3,(H,17,18,19). The van der Waals surface area contributed by atoms with Gasteiger partial charge in [-0.3, -0.25) is 0 Å². The van der Waals surface area contributed by atoms with E-state index in [0.717, 1.165) is 6.07 Å². The van der Waals surface area contributed by atoms with Crippen LogP contribution in [-0.4, -0.2) is 26.5 Å². The van der Waals surface area contributed by atoms with Crippen LogP contribution in [0.2, 0.25) is 0 Å². The molecule has 1 N–H and O–H groups in total. The molecule has 0 spiro atoms. The van der Waals surface area contributed by atoms with Crippen molar-refractivity contribution >= 4 is 5.95 Å². The number of aromatic nitrogens is 4. The molecule has 0 aliphatic heterocycles. The van der Waals surface area contributed by atoms with Crippen molar-refractivity contribution in [3.63, 3.8) is 0 Å². The zero-order valence-corrected chi connectivity index (χ0v) is 9.94. The third-order valence-electron chi connectivity index (χ3n) is 2.21. The molecule has 0 aliphatic rings. The lowest BCUT2D eigenvalue weighted by Crippen LogP contribution is -2.12. The van der Waals surface area contributed by atoms with E-state index < -0.39 is 11.9 Å². The molecule has 0 aromatic carbocycles. The smallest absolute Gasteiger partial charge is 0.354 e. The topological polar surface area (TPSA) is 63.6 Å². The van der Waals surface area contributed by atoms with E-state index in [1.165, 1.54) is 18.7 Å². The molecular weight excluding hydrogens is 259 g/mol. The summed E-state index contributed by atoms with van der Waals surface area (Å²) in [5.74, 6) is -0.0730. The van der Waals surface area contributed by atoms with Gasteiger partial charge in [-0.15, -0.1) is 0 Å². The Morgan fingerprint density at radius 1 is 1.16 bits per heavy atom. The molecule has 0 amide bonds. The number of rotatable bonds is 3. The van der Waals surface area contributed by atoms with Crippen LogP contribution in [0, 0.1) is 0 Å². The largest absolute Gasteiger partial charge is 0.433 e. The van der Waals surface area contributed by atoms with Gasteiger partial charge in [0.25, 0.3) is 0 Å². The molecule has 2 rings (SSSR count). The molecule has 0 radical (unpaired) electrons. The van der Waals surface area contributed by atoms with Crippen LogP contribution in [0.3, 0.4) is 0 Å². The Hall–Kier alpha value is -2.25. The fourth-order valence-corrected chi connectivity index (χ4v) is 1.41. The summed E-state index contributed by atoms with van der Waals surface area (Å²) in [7, 11) is 0. The highest BCUT2D eigenvalue weighted by atomic mass is 19.4. The zero-order chi connectivity index (χ0) is 13.9. The Kier molecular flexibility index (Phi) is 3.59. The Bertz CT molecular complexity index is 556. The normalized spacial score (nSPS) is 11.4. The van der Waals surface area contributed by atoms with E-state index in [0.29, 0.717) is 12.1 Å². The van der Waals surface area contributed by atoms with E-state index in [1.807, 2.05) is 0 Å². The summed E-state index contributed by atoms with van der Waals surface area (Å²) in [6.45, 7) is 2.17. The minimum atomic E-state index is -4.53. The summed E-state index contributed by atoms with van der Waals surface area (Å²) >= 11 is 0. The van der Waals surface area contributed by atoms with Crippen LogP contribution < -0.4 is 5.32 Å². The van der Waals surface area contributed by atoms with E-state index in [-0.39, 0.29) is 11.6 Å². The van der Waals surface area contributed by atoms with Crippen LogP contribution in [0.1, 0.15) is 12.6 Å². The van der Waals surface area contributed by atoms with Gasteiger partial charge in [0.1, 0.15) is 6.33 Å². The van der Waals surface area contributed by atoms with E-state index in [9.17, 15) is 13.2 Å². The Balaban J connectivity index is 2.52. The maximum atomic E-state index is 12.8. The minimum absolute atomic E-state index is 0.0730. The molecule has 2 heterocycles. The van der Waals surface area contributed by atoms with Gasteiger partial charge in [0.15, 0.2) is 5.69 Å². The lowest BCUT2D eigenvalue weighted by molar-refractivity contribution is -0.141. The van der Waals surface area contributed by atoms with Crippen molar-refractivity contribution in [2.75, 3.05) is 11.9 Å². The summed E-state index contributed by atoms with van der Waals surface area (Å²) in [5.41, 5.74) is -0.481. The van der Waals surface area contributed by atoms with Gasteiger partial charge < -0.3 is 5.32 Å². The molecular formula is C11H10F3N5. The van der Waals surface area contributed by atoms with Gasteiger partial charge in [-0.2, -0.15) is 13.2 Å². The third kappa shape index (κ3) is 3.15. The van der Waals surface area contributed by atoms with Crippen molar-refractivity contribution in [1.29, 1.82) is 0 Å². The fourth-order valence-electron chi connectivity index (χ4n) is 1.41. The Morgan fingerprint density at radius 2 is 1.84 bits per heavy atom. The number of anilines is 1. The molecule has 0 aliphatic carbocycles. The average Bonchev–Trinajstić information content (AvgIpc) is 2.39. The van der Waals surface area contributed by atoms with E-state index in [1.54, 1.807) is 6.92 Å². The minimum Gasteiger partial charge on any atom is -0.354 e. The highest BCUT2D eigenvalue weighted by Crippen LogP contribution is 2.30. The molecule has 8 heteroatoms. The second-order valence-electron chi connectivity index (χ2n) is 3.62. The number of nitrogens with zero attached hydrogens (tertiary/aromatic N) is 4. The number of hydrogen-bond acceptors (Lipinski definition) is 5. The first-order valence-corrected chi connectivity index (χ1v) is 5.46. The Morgan fingerprint density at radius 3 is 2.42 bits per heavy atom. The Labute approximate surface area is 107 Å². The number of alkyl halides is 3. The lowest BCUT2D eigenvalue weighted by Gasteiger charge is -2.10. The molecule has 0 saturated heterocycles. The van der Waals surface area contributed by atoms with Crippen molar-refractivity contribution in [2.45, 2.75) is 13.1 Å².